The largest absolute Gasteiger partial charge is 0.464 e. The number of alkyl carbamates (subject to hydrolysis) is 2. The van der Waals surface area contributed by atoms with Gasteiger partial charge in [-0.15, -0.1) is 0 Å². The number of imidazole rings is 1. The van der Waals surface area contributed by atoms with Crippen molar-refractivity contribution in [1.82, 2.24) is 30.6 Å². The van der Waals surface area contributed by atoms with Crippen LogP contribution in [0.4, 0.5) is 15.5 Å². The Kier molecular flexibility index (Phi) is 13.0. The van der Waals surface area contributed by atoms with Gasteiger partial charge < -0.3 is 40.3 Å². The van der Waals surface area contributed by atoms with Crippen LogP contribution in [0.25, 0.3) is 11.2 Å². The van der Waals surface area contributed by atoms with Crippen molar-refractivity contribution in [1.29, 1.82) is 0 Å². The molecule has 2 aromatic rings. The Morgan fingerprint density at radius 3 is 1.78 bits per heavy atom. The number of aromatic nitrogens is 4. The first kappa shape index (κ1) is 37.8. The smallest absolute Gasteiger partial charge is 0.408 e. The number of amides is 2. The van der Waals surface area contributed by atoms with E-state index >= 15 is 0 Å². The second-order valence-electron chi connectivity index (χ2n) is 13.7. The van der Waals surface area contributed by atoms with Crippen molar-refractivity contribution >= 4 is 41.2 Å². The number of carbonyl (C=O) groups is 4. The molecule has 46 heavy (non-hydrogen) atoms. The van der Waals surface area contributed by atoms with E-state index in [1.165, 1.54) is 0 Å². The van der Waals surface area contributed by atoms with Gasteiger partial charge in [0.05, 0.1) is 13.2 Å². The number of aromatic amines is 2. The first-order chi connectivity index (χ1) is 21.1. The van der Waals surface area contributed by atoms with Gasteiger partial charge in [0, 0.05) is 12.3 Å². The number of fused-ring (bicyclic) bond motifs is 1. The van der Waals surface area contributed by atoms with Crippen LogP contribution in [0, 0.1) is 17.8 Å². The molecule has 0 saturated carbocycles. The number of nitrogen functional groups attached to an aromatic ring is 1. The number of nitrogens with two attached hydrogens (primary N) is 1. The molecule has 0 aromatic carbocycles. The van der Waals surface area contributed by atoms with Crippen LogP contribution in [0.2, 0.25) is 0 Å². The van der Waals surface area contributed by atoms with Crippen LogP contribution in [0.3, 0.4) is 0 Å². The molecular formula is C30H49N7O9. The molecule has 2 heterocycles. The fourth-order valence-electron chi connectivity index (χ4n) is 4.16. The molecule has 0 saturated heterocycles. The van der Waals surface area contributed by atoms with Gasteiger partial charge in [0.2, 0.25) is 5.95 Å². The summed E-state index contributed by atoms with van der Waals surface area (Å²) >= 11 is 0. The maximum atomic E-state index is 13.1. The number of nitrogens with one attached hydrogen (secondary N) is 4. The number of carbonyl (C=O) groups excluding carboxylic acids is 4. The lowest BCUT2D eigenvalue weighted by Gasteiger charge is -2.26. The molecule has 0 aliphatic carbocycles. The third-order valence-electron chi connectivity index (χ3n) is 6.33. The van der Waals surface area contributed by atoms with Crippen molar-refractivity contribution in [2.45, 2.75) is 105 Å². The second-order valence-corrected chi connectivity index (χ2v) is 13.7. The predicted molar refractivity (Wildman–Crippen MR) is 169 cm³/mol. The number of esters is 2. The molecule has 2 amide bonds. The zero-order valence-corrected chi connectivity index (χ0v) is 28.4. The predicted octanol–water partition coefficient (Wildman–Crippen LogP) is 2.96. The zero-order chi connectivity index (χ0) is 35.0. The lowest BCUT2D eigenvalue weighted by molar-refractivity contribution is -0.151. The van der Waals surface area contributed by atoms with Crippen LogP contribution in [0.1, 0.15) is 81.5 Å². The molecule has 16 heteroatoms. The Bertz CT molecular complexity index is 1420. The molecular weight excluding hydrogens is 602 g/mol. The van der Waals surface area contributed by atoms with Gasteiger partial charge >= 0.3 is 24.1 Å². The van der Waals surface area contributed by atoms with Gasteiger partial charge in [-0.2, -0.15) is 4.98 Å². The molecule has 16 nitrogen and oxygen atoms in total. The highest BCUT2D eigenvalue weighted by molar-refractivity contribution is 5.82. The fraction of sp³-hybridized carbons (Fsp3) is 0.700. The third kappa shape index (κ3) is 12.6. The minimum atomic E-state index is -0.990. The zero-order valence-electron chi connectivity index (χ0n) is 28.4. The van der Waals surface area contributed by atoms with E-state index in [1.807, 2.05) is 0 Å². The summed E-state index contributed by atoms with van der Waals surface area (Å²) in [6.07, 6.45) is -1.12. The number of rotatable bonds is 13. The van der Waals surface area contributed by atoms with E-state index in [0.717, 1.165) is 0 Å². The molecule has 0 bridgehead atoms. The molecule has 0 spiro atoms. The summed E-state index contributed by atoms with van der Waals surface area (Å²) in [7, 11) is 0. The Morgan fingerprint density at radius 2 is 1.30 bits per heavy atom. The molecule has 2 aromatic heterocycles. The highest BCUT2D eigenvalue weighted by atomic mass is 16.6. The first-order valence-electron chi connectivity index (χ1n) is 15.2. The van der Waals surface area contributed by atoms with Gasteiger partial charge in [0.1, 0.15) is 29.1 Å². The van der Waals surface area contributed by atoms with Gasteiger partial charge in [-0.3, -0.25) is 9.78 Å². The van der Waals surface area contributed by atoms with Crippen molar-refractivity contribution in [3.8, 4) is 0 Å². The molecule has 0 aliphatic heterocycles. The van der Waals surface area contributed by atoms with Crippen LogP contribution in [-0.2, 0) is 35.0 Å². The number of hydrogen-bond donors (Lipinski definition) is 5. The fourth-order valence-corrected chi connectivity index (χ4v) is 4.16. The van der Waals surface area contributed by atoms with E-state index in [9.17, 15) is 24.0 Å². The Balaban J connectivity index is 2.17. The molecule has 1 unspecified atom stereocenters. The minimum Gasteiger partial charge on any atom is -0.464 e. The molecule has 258 valence electrons. The molecule has 6 N–H and O–H groups in total. The average Bonchev–Trinajstić information content (AvgIpc) is 3.28. The monoisotopic (exact) mass is 651 g/mol. The highest BCUT2D eigenvalue weighted by Crippen LogP contribution is 2.17. The van der Waals surface area contributed by atoms with Crippen LogP contribution in [0.5, 0.6) is 0 Å². The van der Waals surface area contributed by atoms with Crippen molar-refractivity contribution in [3.05, 3.63) is 16.2 Å². The van der Waals surface area contributed by atoms with Crippen molar-refractivity contribution in [3.63, 3.8) is 0 Å². The van der Waals surface area contributed by atoms with E-state index < -0.39 is 58.9 Å². The Hall–Kier alpha value is -4.37. The quantitative estimate of drug-likeness (QED) is 0.155. The lowest BCUT2D eigenvalue weighted by atomic mass is 10.0. The van der Waals surface area contributed by atoms with Crippen LogP contribution >= 0.6 is 0 Å². The molecule has 0 aliphatic rings. The van der Waals surface area contributed by atoms with Gasteiger partial charge in [0.15, 0.2) is 11.2 Å². The van der Waals surface area contributed by atoms with E-state index in [-0.39, 0.29) is 55.0 Å². The van der Waals surface area contributed by atoms with E-state index in [2.05, 4.69) is 30.6 Å². The van der Waals surface area contributed by atoms with Crippen molar-refractivity contribution in [2.75, 3.05) is 18.9 Å². The summed E-state index contributed by atoms with van der Waals surface area (Å²) in [5.74, 6) is -2.14. The molecule has 0 radical (unpaired) electrons. The maximum absolute atomic E-state index is 13.1. The summed E-state index contributed by atoms with van der Waals surface area (Å²) in [5.41, 5.74) is 3.87. The second kappa shape index (κ2) is 15.8. The van der Waals surface area contributed by atoms with E-state index in [4.69, 9.17) is 24.7 Å². The maximum Gasteiger partial charge on any atom is 0.408 e. The van der Waals surface area contributed by atoms with Crippen molar-refractivity contribution in [2.24, 2.45) is 17.8 Å². The topological polar surface area (TPSA) is 230 Å². The van der Waals surface area contributed by atoms with Gasteiger partial charge in [-0.25, -0.2) is 24.2 Å². The van der Waals surface area contributed by atoms with Crippen LogP contribution in [0.15, 0.2) is 4.79 Å². The summed E-state index contributed by atoms with van der Waals surface area (Å²) < 4.78 is 21.7. The summed E-state index contributed by atoms with van der Waals surface area (Å²) in [5, 5.41) is 5.11. The number of ether oxygens (including phenoxy) is 4. The van der Waals surface area contributed by atoms with Gasteiger partial charge in [-0.05, 0) is 59.8 Å². The van der Waals surface area contributed by atoms with Crippen LogP contribution in [-0.4, -0.2) is 80.6 Å². The third-order valence-corrected chi connectivity index (χ3v) is 6.33. The number of hydrogen-bond acceptors (Lipinski definition) is 12. The van der Waals surface area contributed by atoms with Gasteiger partial charge in [0.25, 0.3) is 5.56 Å². The number of anilines is 1. The van der Waals surface area contributed by atoms with E-state index in [1.54, 1.807) is 69.2 Å². The molecule has 3 atom stereocenters. The number of H-pyrrole nitrogens is 2. The molecule has 2 rings (SSSR count). The Labute approximate surface area is 268 Å². The first-order valence-corrected chi connectivity index (χ1v) is 15.2. The van der Waals surface area contributed by atoms with Gasteiger partial charge in [-0.1, -0.05) is 27.7 Å². The van der Waals surface area contributed by atoms with Crippen LogP contribution < -0.4 is 21.9 Å². The minimum absolute atomic E-state index is 0.0873. The SMILES string of the molecule is CC(C)[C@H](NC(=O)OC(C)(C)C)C(=O)OCCC(COC(=O)[C@@H](NC(=O)OC(C)(C)C)C(C)C)Cc1nc2nc(N)[nH]c(=O)c2[nH]1. The lowest BCUT2D eigenvalue weighted by Crippen LogP contribution is -2.47. The average molecular weight is 652 g/mol. The van der Waals surface area contributed by atoms with E-state index in [0.29, 0.717) is 5.82 Å². The standard InChI is InChI=1S/C30H49N7O9/c1-15(2)19(34-27(41)45-29(5,6)7)24(39)43-12-11-17(13-18-32-21-22(33-18)36-26(31)37-23(21)38)14-44-25(40)20(16(3)4)35-28(42)46-30(8,9)10/h15-17,19-20H,11-14H2,1-10H3,(H,34,41)(H,35,42)(H4,31,32,33,36,37,38)/t17?,19-,20-/m0/s1. The van der Waals surface area contributed by atoms with Crippen molar-refractivity contribution < 1.29 is 38.1 Å². The Morgan fingerprint density at radius 1 is 0.804 bits per heavy atom. The normalized spacial score (nSPS) is 14.0. The number of nitrogens with zero attached hydrogens (tertiary/aromatic N) is 2. The molecule has 0 fully saturated rings. The summed E-state index contributed by atoms with van der Waals surface area (Å²) in [6, 6.07) is -1.95. The summed E-state index contributed by atoms with van der Waals surface area (Å²) in [4.78, 5) is 76.7. The summed E-state index contributed by atoms with van der Waals surface area (Å²) in [6.45, 7) is 17.0. The highest BCUT2D eigenvalue weighted by Gasteiger charge is 2.31.